The summed E-state index contributed by atoms with van der Waals surface area (Å²) in [6, 6.07) is 54.4. The number of furan rings is 1. The Labute approximate surface area is 242 Å². The molecule has 2 heteroatoms. The van der Waals surface area contributed by atoms with Crippen LogP contribution < -0.4 is 4.90 Å². The summed E-state index contributed by atoms with van der Waals surface area (Å²) in [6.07, 6.45) is 0. The van der Waals surface area contributed by atoms with Crippen LogP contribution in [-0.4, -0.2) is 0 Å². The van der Waals surface area contributed by atoms with Gasteiger partial charge in [-0.05, 0) is 85.6 Å². The van der Waals surface area contributed by atoms with Gasteiger partial charge in [-0.2, -0.15) is 0 Å². The van der Waals surface area contributed by atoms with Crippen molar-refractivity contribution in [1.29, 1.82) is 0 Å². The standard InChI is InChI=1S/C40H25NO/c1-2-9-28(10-3-1)41(30-18-21-37-36-12-6-7-13-39(36)42-40(37)25-30)29-17-14-27-16-20-34-33-19-15-26-8-4-5-11-31(26)32(33)22-23-35(34)38(27)24-29/h1-25H. The molecule has 0 unspecified atom stereocenters. The van der Waals surface area contributed by atoms with Crippen molar-refractivity contribution < 1.29 is 4.42 Å². The number of hydrogen-bond donors (Lipinski definition) is 0. The van der Waals surface area contributed by atoms with E-state index in [4.69, 9.17) is 4.42 Å². The van der Waals surface area contributed by atoms with Gasteiger partial charge < -0.3 is 9.32 Å². The highest BCUT2D eigenvalue weighted by molar-refractivity contribution is 6.22. The Balaban J connectivity index is 1.28. The molecule has 0 N–H and O–H groups in total. The van der Waals surface area contributed by atoms with Crippen molar-refractivity contribution >= 4 is 82.1 Å². The fourth-order valence-electron chi connectivity index (χ4n) is 6.64. The number of nitrogens with zero attached hydrogens (tertiary/aromatic N) is 1. The fraction of sp³-hybridized carbons (Fsp3) is 0. The molecule has 196 valence electrons. The fourth-order valence-corrected chi connectivity index (χ4v) is 6.64. The van der Waals surface area contributed by atoms with Crippen LogP contribution in [0.4, 0.5) is 17.1 Å². The first-order valence-electron chi connectivity index (χ1n) is 14.4. The Morgan fingerprint density at radius 2 is 0.833 bits per heavy atom. The first kappa shape index (κ1) is 23.1. The quantitative estimate of drug-likeness (QED) is 0.209. The van der Waals surface area contributed by atoms with Gasteiger partial charge in [-0.3, -0.25) is 0 Å². The number of fused-ring (bicyclic) bond motifs is 10. The second kappa shape index (κ2) is 8.95. The lowest BCUT2D eigenvalue weighted by Crippen LogP contribution is -2.09. The molecule has 0 fully saturated rings. The highest BCUT2D eigenvalue weighted by atomic mass is 16.3. The molecule has 0 amide bonds. The van der Waals surface area contributed by atoms with E-state index in [0.29, 0.717) is 0 Å². The molecule has 2 nitrogen and oxygen atoms in total. The summed E-state index contributed by atoms with van der Waals surface area (Å²) in [5.41, 5.74) is 5.07. The van der Waals surface area contributed by atoms with Gasteiger partial charge in [0, 0.05) is 33.9 Å². The second-order valence-electron chi connectivity index (χ2n) is 11.0. The van der Waals surface area contributed by atoms with Gasteiger partial charge in [0.25, 0.3) is 0 Å². The van der Waals surface area contributed by atoms with Crippen molar-refractivity contribution in [2.24, 2.45) is 0 Å². The summed E-state index contributed by atoms with van der Waals surface area (Å²) >= 11 is 0. The van der Waals surface area contributed by atoms with Crippen LogP contribution in [0.1, 0.15) is 0 Å². The number of benzene rings is 8. The molecule has 0 aliphatic heterocycles. The van der Waals surface area contributed by atoms with Crippen LogP contribution in [0.25, 0.3) is 65.0 Å². The van der Waals surface area contributed by atoms with E-state index in [9.17, 15) is 0 Å². The minimum atomic E-state index is 0.888. The Hall–Kier alpha value is -5.60. The maximum atomic E-state index is 6.29. The Bertz CT molecular complexity index is 2470. The molecule has 9 aromatic rings. The molecular formula is C40H25NO. The third kappa shape index (κ3) is 3.45. The topological polar surface area (TPSA) is 16.4 Å². The van der Waals surface area contributed by atoms with E-state index < -0.39 is 0 Å². The highest BCUT2D eigenvalue weighted by Crippen LogP contribution is 2.41. The maximum absolute atomic E-state index is 6.29. The van der Waals surface area contributed by atoms with Crippen molar-refractivity contribution in [3.8, 4) is 0 Å². The molecule has 0 saturated carbocycles. The van der Waals surface area contributed by atoms with Crippen LogP contribution in [0.15, 0.2) is 156 Å². The van der Waals surface area contributed by atoms with E-state index in [-0.39, 0.29) is 0 Å². The van der Waals surface area contributed by atoms with E-state index in [1.165, 1.54) is 43.1 Å². The zero-order valence-corrected chi connectivity index (χ0v) is 22.8. The summed E-state index contributed by atoms with van der Waals surface area (Å²) in [5, 5.41) is 12.4. The van der Waals surface area contributed by atoms with Gasteiger partial charge >= 0.3 is 0 Å². The van der Waals surface area contributed by atoms with Crippen molar-refractivity contribution in [3.63, 3.8) is 0 Å². The van der Waals surface area contributed by atoms with Gasteiger partial charge in [0.05, 0.1) is 0 Å². The van der Waals surface area contributed by atoms with E-state index >= 15 is 0 Å². The third-order valence-electron chi connectivity index (χ3n) is 8.62. The Morgan fingerprint density at radius 3 is 1.67 bits per heavy atom. The van der Waals surface area contributed by atoms with Crippen molar-refractivity contribution in [1.82, 2.24) is 0 Å². The predicted molar refractivity (Wildman–Crippen MR) is 178 cm³/mol. The Morgan fingerprint density at radius 1 is 0.310 bits per heavy atom. The van der Waals surface area contributed by atoms with Crippen LogP contribution >= 0.6 is 0 Å². The zero-order chi connectivity index (χ0) is 27.6. The maximum Gasteiger partial charge on any atom is 0.137 e. The van der Waals surface area contributed by atoms with Crippen molar-refractivity contribution in [2.45, 2.75) is 0 Å². The number of para-hydroxylation sites is 2. The average molecular weight is 536 g/mol. The Kier molecular flexibility index (Phi) is 4.93. The largest absolute Gasteiger partial charge is 0.456 e. The first-order chi connectivity index (χ1) is 20.8. The number of anilines is 3. The van der Waals surface area contributed by atoms with E-state index in [0.717, 1.165) is 39.0 Å². The van der Waals surface area contributed by atoms with E-state index in [1.54, 1.807) is 0 Å². The second-order valence-corrected chi connectivity index (χ2v) is 11.0. The molecule has 0 bridgehead atoms. The molecule has 42 heavy (non-hydrogen) atoms. The van der Waals surface area contributed by atoms with Gasteiger partial charge in [-0.15, -0.1) is 0 Å². The molecule has 0 atom stereocenters. The summed E-state index contributed by atoms with van der Waals surface area (Å²) in [6.45, 7) is 0. The zero-order valence-electron chi connectivity index (χ0n) is 22.8. The summed E-state index contributed by atoms with van der Waals surface area (Å²) in [7, 11) is 0. The van der Waals surface area contributed by atoms with Crippen LogP contribution in [0.5, 0.6) is 0 Å². The van der Waals surface area contributed by atoms with Crippen LogP contribution in [0.3, 0.4) is 0 Å². The molecule has 0 aliphatic carbocycles. The molecule has 1 heterocycles. The molecule has 8 aromatic carbocycles. The van der Waals surface area contributed by atoms with Crippen molar-refractivity contribution in [2.75, 3.05) is 4.90 Å². The van der Waals surface area contributed by atoms with Gasteiger partial charge in [0.15, 0.2) is 0 Å². The van der Waals surface area contributed by atoms with Gasteiger partial charge in [-0.25, -0.2) is 0 Å². The van der Waals surface area contributed by atoms with Gasteiger partial charge in [0.2, 0.25) is 0 Å². The molecule has 9 rings (SSSR count). The third-order valence-corrected chi connectivity index (χ3v) is 8.62. The lowest BCUT2D eigenvalue weighted by molar-refractivity contribution is 0.669. The smallest absolute Gasteiger partial charge is 0.137 e. The minimum absolute atomic E-state index is 0.888. The summed E-state index contributed by atoms with van der Waals surface area (Å²) in [4.78, 5) is 2.32. The molecule has 0 spiro atoms. The predicted octanol–water partition coefficient (Wildman–Crippen LogP) is 11.7. The highest BCUT2D eigenvalue weighted by Gasteiger charge is 2.16. The molecule has 1 aromatic heterocycles. The average Bonchev–Trinajstić information content (AvgIpc) is 3.43. The minimum Gasteiger partial charge on any atom is -0.456 e. The molecule has 0 aliphatic rings. The SMILES string of the molecule is c1ccc(N(c2ccc3c(c2)oc2ccccc23)c2ccc3ccc4c(ccc5c6ccccc6ccc54)c3c2)cc1. The van der Waals surface area contributed by atoms with E-state index in [1.807, 2.05) is 12.1 Å². The molecule has 0 radical (unpaired) electrons. The molecular weight excluding hydrogens is 510 g/mol. The van der Waals surface area contributed by atoms with Gasteiger partial charge in [0.1, 0.15) is 11.2 Å². The van der Waals surface area contributed by atoms with Crippen molar-refractivity contribution in [3.05, 3.63) is 152 Å². The lowest BCUT2D eigenvalue weighted by atomic mass is 9.94. The van der Waals surface area contributed by atoms with Gasteiger partial charge in [-0.1, -0.05) is 103 Å². The van der Waals surface area contributed by atoms with Crippen LogP contribution in [-0.2, 0) is 0 Å². The van der Waals surface area contributed by atoms with E-state index in [2.05, 4.69) is 144 Å². The summed E-state index contributed by atoms with van der Waals surface area (Å²) < 4.78 is 6.29. The number of rotatable bonds is 3. The number of hydrogen-bond acceptors (Lipinski definition) is 2. The normalized spacial score (nSPS) is 11.8. The summed E-state index contributed by atoms with van der Waals surface area (Å²) in [5.74, 6) is 0. The lowest BCUT2D eigenvalue weighted by Gasteiger charge is -2.26. The van der Waals surface area contributed by atoms with Crippen LogP contribution in [0, 0.1) is 0 Å². The monoisotopic (exact) mass is 535 g/mol. The first-order valence-corrected chi connectivity index (χ1v) is 14.4. The van der Waals surface area contributed by atoms with Crippen LogP contribution in [0.2, 0.25) is 0 Å². The molecule has 0 saturated heterocycles.